The van der Waals surface area contributed by atoms with Crippen LogP contribution in [0.4, 0.5) is 0 Å². The van der Waals surface area contributed by atoms with Crippen molar-refractivity contribution in [2.75, 3.05) is 13.1 Å². The molecule has 0 saturated carbocycles. The second-order valence-electron chi connectivity index (χ2n) is 6.63. The van der Waals surface area contributed by atoms with Gasteiger partial charge in [-0.25, -0.2) is 0 Å². The number of hydrogen-bond acceptors (Lipinski definition) is 3. The first kappa shape index (κ1) is 18.6. The highest BCUT2D eigenvalue weighted by Gasteiger charge is 2.39. The summed E-state index contributed by atoms with van der Waals surface area (Å²) in [4.78, 5) is 40.4. The van der Waals surface area contributed by atoms with Gasteiger partial charge in [0.1, 0.15) is 0 Å². The van der Waals surface area contributed by atoms with Crippen LogP contribution in [-0.2, 0) is 4.79 Å². The number of rotatable bonds is 4. The fourth-order valence-electron chi connectivity index (χ4n) is 3.54. The van der Waals surface area contributed by atoms with Crippen molar-refractivity contribution < 1.29 is 19.5 Å². The van der Waals surface area contributed by atoms with E-state index >= 15 is 0 Å². The van der Waals surface area contributed by atoms with Crippen molar-refractivity contribution in [3.63, 3.8) is 0 Å². The second kappa shape index (κ2) is 8.03. The third-order valence-corrected chi connectivity index (χ3v) is 4.98. The van der Waals surface area contributed by atoms with E-state index in [4.69, 9.17) is 0 Å². The maximum atomic E-state index is 12.9. The number of nitrogens with zero attached hydrogens (tertiary/aromatic N) is 2. The third-order valence-electron chi connectivity index (χ3n) is 4.98. The van der Waals surface area contributed by atoms with Crippen molar-refractivity contribution in [2.24, 2.45) is 0 Å². The van der Waals surface area contributed by atoms with Crippen molar-refractivity contribution >= 4 is 17.8 Å². The number of carbonyl (C=O) groups is 3. The van der Waals surface area contributed by atoms with Crippen LogP contribution in [0.15, 0.2) is 60.7 Å². The maximum Gasteiger partial charge on any atom is 0.305 e. The van der Waals surface area contributed by atoms with E-state index in [1.165, 1.54) is 0 Å². The van der Waals surface area contributed by atoms with Crippen molar-refractivity contribution in [3.05, 3.63) is 71.8 Å². The minimum Gasteiger partial charge on any atom is -0.481 e. The van der Waals surface area contributed by atoms with Gasteiger partial charge in [-0.3, -0.25) is 14.4 Å². The molecule has 2 atom stereocenters. The van der Waals surface area contributed by atoms with Crippen LogP contribution in [0.3, 0.4) is 0 Å². The van der Waals surface area contributed by atoms with Gasteiger partial charge in [0.15, 0.2) is 0 Å². The van der Waals surface area contributed by atoms with Crippen molar-refractivity contribution in [2.45, 2.75) is 25.4 Å². The van der Waals surface area contributed by atoms with Crippen molar-refractivity contribution in [3.8, 4) is 0 Å². The molecule has 6 nitrogen and oxygen atoms in total. The van der Waals surface area contributed by atoms with Gasteiger partial charge in [-0.15, -0.1) is 0 Å². The van der Waals surface area contributed by atoms with Gasteiger partial charge in [-0.05, 0) is 31.2 Å². The number of hydrogen-bond donors (Lipinski definition) is 1. The Bertz CT molecular complexity index is 823. The Balaban J connectivity index is 1.86. The molecular weight excluding hydrogens is 344 g/mol. The van der Waals surface area contributed by atoms with Crippen molar-refractivity contribution in [1.29, 1.82) is 0 Å². The fraction of sp³-hybridized carbons (Fsp3) is 0.286. The monoisotopic (exact) mass is 366 g/mol. The van der Waals surface area contributed by atoms with E-state index in [0.29, 0.717) is 24.2 Å². The molecule has 0 radical (unpaired) electrons. The Morgan fingerprint density at radius 3 is 1.78 bits per heavy atom. The van der Waals surface area contributed by atoms with Gasteiger partial charge in [-0.2, -0.15) is 0 Å². The number of benzene rings is 2. The molecule has 0 aliphatic carbocycles. The number of carbonyl (C=O) groups excluding carboxylic acids is 2. The first-order chi connectivity index (χ1) is 13.0. The molecule has 140 valence electrons. The largest absolute Gasteiger partial charge is 0.481 e. The summed E-state index contributed by atoms with van der Waals surface area (Å²) in [5.74, 6) is -1.35. The van der Waals surface area contributed by atoms with Gasteiger partial charge < -0.3 is 14.9 Å². The molecule has 27 heavy (non-hydrogen) atoms. The zero-order valence-corrected chi connectivity index (χ0v) is 15.1. The topological polar surface area (TPSA) is 77.9 Å². The second-order valence-corrected chi connectivity index (χ2v) is 6.63. The zero-order chi connectivity index (χ0) is 19.4. The quantitative estimate of drug-likeness (QED) is 0.902. The molecular formula is C21H22N2O4. The number of aliphatic carboxylic acids is 1. The van der Waals surface area contributed by atoms with Crippen LogP contribution in [0, 0.1) is 0 Å². The SMILES string of the molecule is C[C@H]1[C@@H](CC(=O)O)N(C(=O)c2ccccc2)CCN1C(=O)c1ccccc1. The first-order valence-electron chi connectivity index (χ1n) is 8.93. The van der Waals surface area contributed by atoms with Gasteiger partial charge in [0.25, 0.3) is 11.8 Å². The average molecular weight is 366 g/mol. The molecule has 1 aliphatic heterocycles. The summed E-state index contributed by atoms with van der Waals surface area (Å²) in [6.07, 6.45) is -0.210. The van der Waals surface area contributed by atoms with Crippen LogP contribution in [0.1, 0.15) is 34.1 Å². The summed E-state index contributed by atoms with van der Waals surface area (Å²) in [7, 11) is 0. The number of carboxylic acid groups (broad SMARTS) is 1. The summed E-state index contributed by atoms with van der Waals surface area (Å²) >= 11 is 0. The lowest BCUT2D eigenvalue weighted by molar-refractivity contribution is -0.139. The normalized spacial score (nSPS) is 19.6. The number of amides is 2. The Labute approximate surface area is 158 Å². The smallest absolute Gasteiger partial charge is 0.305 e. The number of piperazine rings is 1. The molecule has 1 fully saturated rings. The highest BCUT2D eigenvalue weighted by molar-refractivity contribution is 5.96. The zero-order valence-electron chi connectivity index (χ0n) is 15.1. The molecule has 1 heterocycles. The number of carboxylic acids is 1. The lowest BCUT2D eigenvalue weighted by atomic mass is 9.97. The lowest BCUT2D eigenvalue weighted by Crippen LogP contribution is -2.61. The molecule has 2 amide bonds. The minimum absolute atomic E-state index is 0.148. The van der Waals surface area contributed by atoms with E-state index in [0.717, 1.165) is 0 Å². The molecule has 0 spiro atoms. The maximum absolute atomic E-state index is 12.9. The molecule has 1 saturated heterocycles. The summed E-state index contributed by atoms with van der Waals surface area (Å²) in [5, 5.41) is 9.35. The lowest BCUT2D eigenvalue weighted by Gasteiger charge is -2.46. The molecule has 0 bridgehead atoms. The highest BCUT2D eigenvalue weighted by atomic mass is 16.4. The van der Waals surface area contributed by atoms with Crippen LogP contribution >= 0.6 is 0 Å². The van der Waals surface area contributed by atoms with Crippen LogP contribution in [0.5, 0.6) is 0 Å². The van der Waals surface area contributed by atoms with E-state index in [2.05, 4.69) is 0 Å². The fourth-order valence-corrected chi connectivity index (χ4v) is 3.54. The van der Waals surface area contributed by atoms with Gasteiger partial charge in [0.2, 0.25) is 0 Å². The van der Waals surface area contributed by atoms with E-state index in [-0.39, 0.29) is 18.2 Å². The molecule has 2 aromatic rings. The van der Waals surface area contributed by atoms with Gasteiger partial charge in [0.05, 0.1) is 18.5 Å². The van der Waals surface area contributed by atoms with Crippen molar-refractivity contribution in [1.82, 2.24) is 9.80 Å². The standard InChI is InChI=1S/C21H22N2O4/c1-15-18(14-19(24)25)23(21(27)17-10-6-3-7-11-17)13-12-22(15)20(26)16-8-4-2-5-9-16/h2-11,15,18H,12-14H2,1H3,(H,24,25)/t15-,18+/m0/s1. The van der Waals surface area contributed by atoms with E-state index in [1.54, 1.807) is 65.3 Å². The molecule has 0 unspecified atom stereocenters. The van der Waals surface area contributed by atoms with Crippen LogP contribution in [0.25, 0.3) is 0 Å². The molecule has 1 aliphatic rings. The predicted octanol–water partition coefficient (Wildman–Crippen LogP) is 2.52. The highest BCUT2D eigenvalue weighted by Crippen LogP contribution is 2.24. The molecule has 2 aromatic carbocycles. The molecule has 6 heteroatoms. The van der Waals surface area contributed by atoms with E-state index in [9.17, 15) is 19.5 Å². The van der Waals surface area contributed by atoms with Crippen LogP contribution in [0.2, 0.25) is 0 Å². The summed E-state index contributed by atoms with van der Waals surface area (Å²) in [6.45, 7) is 2.47. The minimum atomic E-state index is -0.994. The van der Waals surface area contributed by atoms with Gasteiger partial charge in [0, 0.05) is 24.2 Å². The Morgan fingerprint density at radius 2 is 1.30 bits per heavy atom. The van der Waals surface area contributed by atoms with Gasteiger partial charge >= 0.3 is 5.97 Å². The summed E-state index contributed by atoms with van der Waals surface area (Å²) < 4.78 is 0. The van der Waals surface area contributed by atoms with E-state index < -0.39 is 18.1 Å². The van der Waals surface area contributed by atoms with Crippen LogP contribution < -0.4 is 0 Å². The predicted molar refractivity (Wildman–Crippen MR) is 100 cm³/mol. The third kappa shape index (κ3) is 4.00. The molecule has 1 N–H and O–H groups in total. The summed E-state index contributed by atoms with van der Waals surface area (Å²) in [5.41, 5.74) is 1.07. The molecule has 0 aromatic heterocycles. The van der Waals surface area contributed by atoms with Crippen LogP contribution in [-0.4, -0.2) is 57.9 Å². The Hall–Kier alpha value is -3.15. The average Bonchev–Trinajstić information content (AvgIpc) is 2.69. The summed E-state index contributed by atoms with van der Waals surface area (Å²) in [6, 6.07) is 16.7. The van der Waals surface area contributed by atoms with E-state index in [1.807, 2.05) is 12.1 Å². The Morgan fingerprint density at radius 1 is 0.852 bits per heavy atom. The Kier molecular flexibility index (Phi) is 5.54. The first-order valence-corrected chi connectivity index (χ1v) is 8.93. The molecule has 3 rings (SSSR count). The van der Waals surface area contributed by atoms with Gasteiger partial charge in [-0.1, -0.05) is 36.4 Å².